The number of hydrogen-bond donors (Lipinski definition) is 1. The normalized spacial score (nSPS) is 20.2. The van der Waals surface area contributed by atoms with Gasteiger partial charge in [0.2, 0.25) is 0 Å². The number of aryl methyl sites for hydroxylation is 1. The van der Waals surface area contributed by atoms with Gasteiger partial charge in [-0.1, -0.05) is 36.8 Å². The van der Waals surface area contributed by atoms with Gasteiger partial charge in [0.15, 0.2) is 0 Å². The lowest BCUT2D eigenvalue weighted by molar-refractivity contribution is 0.0979. The van der Waals surface area contributed by atoms with Gasteiger partial charge in [-0.3, -0.25) is 0 Å². The highest BCUT2D eigenvalue weighted by Gasteiger charge is 2.18. The summed E-state index contributed by atoms with van der Waals surface area (Å²) in [6.45, 7) is 7.51. The molecule has 112 valence electrons. The molecule has 1 aromatic rings. The van der Waals surface area contributed by atoms with E-state index in [0.29, 0.717) is 6.10 Å². The zero-order valence-corrected chi connectivity index (χ0v) is 13.0. The molecule has 0 saturated carbocycles. The van der Waals surface area contributed by atoms with E-state index in [1.807, 2.05) is 0 Å². The maximum Gasteiger partial charge on any atom is 0.0576 e. The van der Waals surface area contributed by atoms with E-state index in [2.05, 4.69) is 43.4 Å². The Balaban J connectivity index is 1.85. The SMILES string of the molecule is CCNCC(CCC1CCCO1)Cc1cccc(C)c1. The first kappa shape index (κ1) is 15.5. The van der Waals surface area contributed by atoms with Gasteiger partial charge in [-0.05, 0) is 63.6 Å². The quantitative estimate of drug-likeness (QED) is 0.780. The first-order valence-electron chi connectivity index (χ1n) is 8.15. The van der Waals surface area contributed by atoms with Crippen LogP contribution in [0, 0.1) is 12.8 Å². The Morgan fingerprint density at radius 1 is 1.40 bits per heavy atom. The first-order chi connectivity index (χ1) is 9.78. The summed E-state index contributed by atoms with van der Waals surface area (Å²) in [6, 6.07) is 8.94. The first-order valence-corrected chi connectivity index (χ1v) is 8.15. The second-order valence-corrected chi connectivity index (χ2v) is 6.08. The number of ether oxygens (including phenoxy) is 1. The highest BCUT2D eigenvalue weighted by Crippen LogP contribution is 2.21. The van der Waals surface area contributed by atoms with Gasteiger partial charge >= 0.3 is 0 Å². The molecule has 0 spiro atoms. The molecule has 0 radical (unpaired) electrons. The molecule has 0 aliphatic carbocycles. The minimum absolute atomic E-state index is 0.525. The standard InChI is InChI=1S/C18H29NO/c1-3-19-14-17(9-10-18-8-5-11-20-18)13-16-7-4-6-15(2)12-16/h4,6-7,12,17-19H,3,5,8-11,13-14H2,1-2H3. The fourth-order valence-electron chi connectivity index (χ4n) is 3.09. The van der Waals surface area contributed by atoms with Gasteiger partial charge in [0.25, 0.3) is 0 Å². The third-order valence-corrected chi connectivity index (χ3v) is 4.21. The summed E-state index contributed by atoms with van der Waals surface area (Å²) >= 11 is 0. The molecule has 1 fully saturated rings. The molecular weight excluding hydrogens is 246 g/mol. The van der Waals surface area contributed by atoms with Crippen molar-refractivity contribution in [1.29, 1.82) is 0 Å². The molecule has 1 aliphatic heterocycles. The van der Waals surface area contributed by atoms with Crippen LogP contribution < -0.4 is 5.32 Å². The largest absolute Gasteiger partial charge is 0.378 e. The lowest BCUT2D eigenvalue weighted by Crippen LogP contribution is -2.25. The van der Waals surface area contributed by atoms with Crippen LogP contribution in [0.1, 0.15) is 43.7 Å². The third-order valence-electron chi connectivity index (χ3n) is 4.21. The average molecular weight is 275 g/mol. The van der Waals surface area contributed by atoms with Gasteiger partial charge in [0.1, 0.15) is 0 Å². The maximum atomic E-state index is 5.76. The monoisotopic (exact) mass is 275 g/mol. The van der Waals surface area contributed by atoms with E-state index >= 15 is 0 Å². The summed E-state index contributed by atoms with van der Waals surface area (Å²) in [4.78, 5) is 0. The van der Waals surface area contributed by atoms with E-state index in [1.165, 1.54) is 43.2 Å². The minimum atomic E-state index is 0.525. The van der Waals surface area contributed by atoms with Crippen LogP contribution in [0.25, 0.3) is 0 Å². The van der Waals surface area contributed by atoms with Crippen molar-refractivity contribution in [2.24, 2.45) is 5.92 Å². The van der Waals surface area contributed by atoms with Crippen molar-refractivity contribution in [3.05, 3.63) is 35.4 Å². The van der Waals surface area contributed by atoms with Gasteiger partial charge < -0.3 is 10.1 Å². The summed E-state index contributed by atoms with van der Waals surface area (Å²) in [5, 5.41) is 3.52. The Labute approximate surface area is 123 Å². The molecule has 2 unspecified atom stereocenters. The smallest absolute Gasteiger partial charge is 0.0576 e. The molecule has 2 heteroatoms. The van der Waals surface area contributed by atoms with Crippen molar-refractivity contribution in [3.8, 4) is 0 Å². The van der Waals surface area contributed by atoms with Crippen LogP contribution in [0.5, 0.6) is 0 Å². The van der Waals surface area contributed by atoms with Gasteiger partial charge in [0, 0.05) is 6.61 Å². The van der Waals surface area contributed by atoms with E-state index in [4.69, 9.17) is 4.74 Å². The molecule has 1 heterocycles. The van der Waals surface area contributed by atoms with Crippen LogP contribution in [0.3, 0.4) is 0 Å². The van der Waals surface area contributed by atoms with Crippen LogP contribution in [0.2, 0.25) is 0 Å². The second kappa shape index (κ2) is 8.43. The van der Waals surface area contributed by atoms with Gasteiger partial charge in [0.05, 0.1) is 6.10 Å². The molecule has 2 atom stereocenters. The molecule has 0 bridgehead atoms. The van der Waals surface area contributed by atoms with Crippen molar-refractivity contribution in [1.82, 2.24) is 5.32 Å². The molecule has 2 nitrogen and oxygen atoms in total. The van der Waals surface area contributed by atoms with Crippen LogP contribution in [0.15, 0.2) is 24.3 Å². The third kappa shape index (κ3) is 5.26. The van der Waals surface area contributed by atoms with E-state index in [9.17, 15) is 0 Å². The molecule has 1 aliphatic rings. The maximum absolute atomic E-state index is 5.76. The molecule has 0 amide bonds. The number of benzene rings is 1. The predicted molar refractivity (Wildman–Crippen MR) is 85.1 cm³/mol. The molecule has 1 aromatic carbocycles. The average Bonchev–Trinajstić information content (AvgIpc) is 2.95. The molecular formula is C18H29NO. The topological polar surface area (TPSA) is 21.3 Å². The Kier molecular flexibility index (Phi) is 6.55. The molecule has 0 aromatic heterocycles. The Bertz CT molecular complexity index is 385. The zero-order valence-electron chi connectivity index (χ0n) is 13.0. The number of nitrogens with one attached hydrogen (secondary N) is 1. The fourth-order valence-corrected chi connectivity index (χ4v) is 3.09. The number of rotatable bonds is 8. The van der Waals surface area contributed by atoms with Crippen molar-refractivity contribution in [3.63, 3.8) is 0 Å². The van der Waals surface area contributed by atoms with Crippen molar-refractivity contribution in [2.75, 3.05) is 19.7 Å². The lowest BCUT2D eigenvalue weighted by Gasteiger charge is -2.19. The van der Waals surface area contributed by atoms with Gasteiger partial charge in [-0.2, -0.15) is 0 Å². The summed E-state index contributed by atoms with van der Waals surface area (Å²) in [6.07, 6.45) is 6.71. The van der Waals surface area contributed by atoms with Crippen LogP contribution >= 0.6 is 0 Å². The van der Waals surface area contributed by atoms with E-state index in [0.717, 1.165) is 25.6 Å². The molecule has 1 N–H and O–H groups in total. The Morgan fingerprint density at radius 3 is 3.00 bits per heavy atom. The highest BCUT2D eigenvalue weighted by molar-refractivity contribution is 5.22. The summed E-state index contributed by atoms with van der Waals surface area (Å²) in [5.41, 5.74) is 2.84. The molecule has 1 saturated heterocycles. The van der Waals surface area contributed by atoms with Gasteiger partial charge in [-0.15, -0.1) is 0 Å². The van der Waals surface area contributed by atoms with Crippen molar-refractivity contribution < 1.29 is 4.74 Å². The fraction of sp³-hybridized carbons (Fsp3) is 0.667. The van der Waals surface area contributed by atoms with E-state index in [-0.39, 0.29) is 0 Å². The Morgan fingerprint density at radius 2 is 2.30 bits per heavy atom. The summed E-state index contributed by atoms with van der Waals surface area (Å²) in [7, 11) is 0. The highest BCUT2D eigenvalue weighted by atomic mass is 16.5. The molecule has 2 rings (SSSR count). The predicted octanol–water partition coefficient (Wildman–Crippen LogP) is 3.72. The minimum Gasteiger partial charge on any atom is -0.378 e. The lowest BCUT2D eigenvalue weighted by atomic mass is 9.92. The van der Waals surface area contributed by atoms with Crippen LogP contribution in [-0.2, 0) is 11.2 Å². The summed E-state index contributed by atoms with van der Waals surface area (Å²) < 4.78 is 5.76. The van der Waals surface area contributed by atoms with E-state index < -0.39 is 0 Å². The van der Waals surface area contributed by atoms with Crippen molar-refractivity contribution >= 4 is 0 Å². The van der Waals surface area contributed by atoms with Gasteiger partial charge in [-0.25, -0.2) is 0 Å². The van der Waals surface area contributed by atoms with Crippen molar-refractivity contribution in [2.45, 2.75) is 52.1 Å². The number of hydrogen-bond acceptors (Lipinski definition) is 2. The Hall–Kier alpha value is -0.860. The van der Waals surface area contributed by atoms with Crippen LogP contribution in [0.4, 0.5) is 0 Å². The molecule has 20 heavy (non-hydrogen) atoms. The van der Waals surface area contributed by atoms with Crippen LogP contribution in [-0.4, -0.2) is 25.8 Å². The van der Waals surface area contributed by atoms with E-state index in [1.54, 1.807) is 0 Å². The second-order valence-electron chi connectivity index (χ2n) is 6.08. The summed E-state index contributed by atoms with van der Waals surface area (Å²) in [5.74, 6) is 0.723. The zero-order chi connectivity index (χ0) is 14.2.